The highest BCUT2D eigenvalue weighted by molar-refractivity contribution is 7.80. The first kappa shape index (κ1) is 8.47. The van der Waals surface area contributed by atoms with Gasteiger partial charge in [0.1, 0.15) is 0 Å². The van der Waals surface area contributed by atoms with Gasteiger partial charge in [0.2, 0.25) is 0 Å². The summed E-state index contributed by atoms with van der Waals surface area (Å²) in [6.45, 7) is 2.15. The summed E-state index contributed by atoms with van der Waals surface area (Å²) in [5, 5.41) is 3.09. The van der Waals surface area contributed by atoms with Gasteiger partial charge in [-0.05, 0) is 24.1 Å². The molecule has 0 unspecified atom stereocenters. The number of rotatable bonds is 2. The van der Waals surface area contributed by atoms with E-state index < -0.39 is 0 Å². The molecule has 0 atom stereocenters. The van der Waals surface area contributed by atoms with Crippen molar-refractivity contribution in [3.8, 4) is 0 Å². The second kappa shape index (κ2) is 3.67. The van der Waals surface area contributed by atoms with E-state index in [9.17, 15) is 0 Å². The normalized spacial score (nSPS) is 9.73. The number of hydrogen-bond acceptors (Lipinski definition) is 2. The maximum absolute atomic E-state index is 4.30. The molecular weight excluding hydrogens is 154 g/mol. The van der Waals surface area contributed by atoms with Crippen molar-refractivity contribution in [1.29, 1.82) is 0 Å². The Balaban J connectivity index is 3.02. The molecule has 2 heteroatoms. The monoisotopic (exact) mass is 167 g/mol. The van der Waals surface area contributed by atoms with Crippen molar-refractivity contribution in [2.45, 2.75) is 18.2 Å². The smallest absolute Gasteiger partial charge is 0.0475 e. The summed E-state index contributed by atoms with van der Waals surface area (Å²) in [5.41, 5.74) is 2.44. The van der Waals surface area contributed by atoms with Crippen LogP contribution in [-0.4, -0.2) is 7.05 Å². The van der Waals surface area contributed by atoms with Gasteiger partial charge in [-0.3, -0.25) is 0 Å². The lowest BCUT2D eigenvalue weighted by Gasteiger charge is -2.05. The lowest BCUT2D eigenvalue weighted by Crippen LogP contribution is -1.91. The van der Waals surface area contributed by atoms with E-state index in [4.69, 9.17) is 0 Å². The lowest BCUT2D eigenvalue weighted by atomic mass is 10.1. The maximum atomic E-state index is 4.30. The fourth-order valence-electron chi connectivity index (χ4n) is 1.00. The van der Waals surface area contributed by atoms with Crippen molar-refractivity contribution in [3.63, 3.8) is 0 Å². The van der Waals surface area contributed by atoms with Gasteiger partial charge in [-0.2, -0.15) is 0 Å². The molecule has 0 aliphatic heterocycles. The molecule has 1 aromatic rings. The average molecular weight is 167 g/mol. The topological polar surface area (TPSA) is 12.0 Å². The quantitative estimate of drug-likeness (QED) is 0.645. The van der Waals surface area contributed by atoms with Gasteiger partial charge in [-0.15, -0.1) is 12.6 Å². The number of thiol groups is 1. The van der Waals surface area contributed by atoms with Crippen LogP contribution in [0, 0.1) is 0 Å². The number of anilines is 1. The summed E-state index contributed by atoms with van der Waals surface area (Å²) in [7, 11) is 1.91. The molecular formula is C9H13NS. The lowest BCUT2D eigenvalue weighted by molar-refractivity contribution is 1.13. The van der Waals surface area contributed by atoms with Gasteiger partial charge in [0.15, 0.2) is 0 Å². The Hall–Kier alpha value is -0.630. The van der Waals surface area contributed by atoms with Gasteiger partial charge in [0, 0.05) is 17.6 Å². The fourth-order valence-corrected chi connectivity index (χ4v) is 1.25. The van der Waals surface area contributed by atoms with Crippen molar-refractivity contribution >= 4 is 18.3 Å². The number of nitrogens with one attached hydrogen (secondary N) is 1. The van der Waals surface area contributed by atoms with Crippen molar-refractivity contribution in [2.75, 3.05) is 12.4 Å². The van der Waals surface area contributed by atoms with E-state index in [1.807, 2.05) is 13.1 Å². The average Bonchev–Trinajstić information content (AvgIpc) is 2.05. The molecule has 0 aromatic heterocycles. The highest BCUT2D eigenvalue weighted by Gasteiger charge is 1.96. The Kier molecular flexibility index (Phi) is 2.83. The van der Waals surface area contributed by atoms with E-state index in [0.717, 1.165) is 17.0 Å². The zero-order valence-corrected chi connectivity index (χ0v) is 7.78. The van der Waals surface area contributed by atoms with Crippen LogP contribution in [0.3, 0.4) is 0 Å². The minimum atomic E-state index is 1.00. The summed E-state index contributed by atoms with van der Waals surface area (Å²) in [6, 6.07) is 6.25. The second-order valence-corrected chi connectivity index (χ2v) is 2.94. The standard InChI is InChI=1S/C9H13NS/c1-3-7-4-5-9(11)8(6-7)10-2/h4-6,10-11H,3H2,1-2H3. The predicted molar refractivity (Wildman–Crippen MR) is 52.6 cm³/mol. The first-order valence-electron chi connectivity index (χ1n) is 3.77. The van der Waals surface area contributed by atoms with Crippen LogP contribution in [-0.2, 0) is 6.42 Å². The van der Waals surface area contributed by atoms with Gasteiger partial charge in [-0.25, -0.2) is 0 Å². The van der Waals surface area contributed by atoms with Gasteiger partial charge in [0.25, 0.3) is 0 Å². The third kappa shape index (κ3) is 1.90. The summed E-state index contributed by atoms with van der Waals surface area (Å²) in [6.07, 6.45) is 1.07. The molecule has 1 rings (SSSR count). The molecule has 0 amide bonds. The molecule has 0 heterocycles. The maximum Gasteiger partial charge on any atom is 0.0475 e. The van der Waals surface area contributed by atoms with E-state index in [0.29, 0.717) is 0 Å². The molecule has 1 N–H and O–H groups in total. The third-order valence-electron chi connectivity index (χ3n) is 1.74. The number of aryl methyl sites for hydroxylation is 1. The summed E-state index contributed by atoms with van der Waals surface area (Å²) >= 11 is 4.30. The first-order valence-corrected chi connectivity index (χ1v) is 4.22. The predicted octanol–water partition coefficient (Wildman–Crippen LogP) is 2.58. The first-order chi connectivity index (χ1) is 5.27. The molecule has 60 valence electrons. The molecule has 11 heavy (non-hydrogen) atoms. The van der Waals surface area contributed by atoms with E-state index in [1.165, 1.54) is 5.56 Å². The highest BCUT2D eigenvalue weighted by atomic mass is 32.1. The zero-order valence-electron chi connectivity index (χ0n) is 6.89. The molecule has 0 aliphatic carbocycles. The Morgan fingerprint density at radius 1 is 1.45 bits per heavy atom. The summed E-state index contributed by atoms with van der Waals surface area (Å²) in [4.78, 5) is 1.00. The van der Waals surface area contributed by atoms with E-state index in [-0.39, 0.29) is 0 Å². The molecule has 1 nitrogen and oxygen atoms in total. The molecule has 0 fully saturated rings. The summed E-state index contributed by atoms with van der Waals surface area (Å²) in [5.74, 6) is 0. The van der Waals surface area contributed by atoms with Crippen LogP contribution in [0.4, 0.5) is 5.69 Å². The van der Waals surface area contributed by atoms with E-state index >= 15 is 0 Å². The van der Waals surface area contributed by atoms with Crippen LogP contribution in [0.1, 0.15) is 12.5 Å². The van der Waals surface area contributed by atoms with Gasteiger partial charge >= 0.3 is 0 Å². The van der Waals surface area contributed by atoms with Gasteiger partial charge < -0.3 is 5.32 Å². The van der Waals surface area contributed by atoms with E-state index in [2.05, 4.69) is 37.0 Å². The van der Waals surface area contributed by atoms with Gasteiger partial charge in [-0.1, -0.05) is 13.0 Å². The van der Waals surface area contributed by atoms with Crippen LogP contribution in [0.25, 0.3) is 0 Å². The number of hydrogen-bond donors (Lipinski definition) is 2. The van der Waals surface area contributed by atoms with Crippen LogP contribution in [0.15, 0.2) is 23.1 Å². The van der Waals surface area contributed by atoms with Crippen LogP contribution >= 0.6 is 12.6 Å². The van der Waals surface area contributed by atoms with Crippen molar-refractivity contribution in [3.05, 3.63) is 23.8 Å². The third-order valence-corrected chi connectivity index (χ3v) is 2.13. The molecule has 0 saturated carbocycles. The zero-order chi connectivity index (χ0) is 8.27. The van der Waals surface area contributed by atoms with E-state index in [1.54, 1.807) is 0 Å². The number of benzene rings is 1. The highest BCUT2D eigenvalue weighted by Crippen LogP contribution is 2.20. The Labute approximate surface area is 73.2 Å². The Morgan fingerprint density at radius 2 is 2.18 bits per heavy atom. The molecule has 0 saturated heterocycles. The Bertz CT molecular complexity index is 245. The van der Waals surface area contributed by atoms with Crippen LogP contribution < -0.4 is 5.32 Å². The molecule has 0 spiro atoms. The molecule has 0 radical (unpaired) electrons. The van der Waals surface area contributed by atoms with Crippen LogP contribution in [0.5, 0.6) is 0 Å². The molecule has 0 aliphatic rings. The second-order valence-electron chi connectivity index (χ2n) is 2.46. The minimum Gasteiger partial charge on any atom is -0.387 e. The van der Waals surface area contributed by atoms with Crippen molar-refractivity contribution in [2.24, 2.45) is 0 Å². The SMILES string of the molecule is CCc1ccc(S)c(NC)c1. The Morgan fingerprint density at radius 3 is 2.73 bits per heavy atom. The summed E-state index contributed by atoms with van der Waals surface area (Å²) < 4.78 is 0. The van der Waals surface area contributed by atoms with Crippen molar-refractivity contribution < 1.29 is 0 Å². The van der Waals surface area contributed by atoms with Crippen LogP contribution in [0.2, 0.25) is 0 Å². The van der Waals surface area contributed by atoms with Crippen molar-refractivity contribution in [1.82, 2.24) is 0 Å². The fraction of sp³-hybridized carbons (Fsp3) is 0.333. The molecule has 0 bridgehead atoms. The molecule has 1 aromatic carbocycles. The minimum absolute atomic E-state index is 1.00. The largest absolute Gasteiger partial charge is 0.387 e. The van der Waals surface area contributed by atoms with Gasteiger partial charge in [0.05, 0.1) is 0 Å².